The standard InChI is InChI=1S/C24H23F4N3O3/c1-12-8-15(3-7-19(12)25)30-22(33)13-2-6-20(26)18(11-13)24(27,28)23(34)31-16-4-5-17(31)10-14(9-16)21(29)32/h2-3,6-8,11,14,16-17H,4-5,9-10H2,1H3,(H2,29,32)(H,30,33)/t14-,16-,17?/m1/s1. The van der Waals surface area contributed by atoms with Gasteiger partial charge in [-0.15, -0.1) is 0 Å². The molecule has 0 spiro atoms. The third-order valence-corrected chi connectivity index (χ3v) is 6.62. The fraction of sp³-hybridized carbons (Fsp3) is 0.375. The molecule has 0 radical (unpaired) electrons. The van der Waals surface area contributed by atoms with Gasteiger partial charge in [-0.25, -0.2) is 8.78 Å². The van der Waals surface area contributed by atoms with Crippen molar-refractivity contribution in [2.75, 3.05) is 5.32 Å². The van der Waals surface area contributed by atoms with Crippen LogP contribution >= 0.6 is 0 Å². The molecule has 2 aromatic carbocycles. The predicted molar refractivity (Wildman–Crippen MR) is 115 cm³/mol. The molecular weight excluding hydrogens is 454 g/mol. The zero-order valence-electron chi connectivity index (χ0n) is 18.3. The van der Waals surface area contributed by atoms with E-state index in [1.165, 1.54) is 19.1 Å². The molecule has 6 nitrogen and oxygen atoms in total. The molecule has 0 saturated carbocycles. The number of piperidine rings is 1. The van der Waals surface area contributed by atoms with Crippen molar-refractivity contribution in [3.05, 3.63) is 64.7 Å². The summed E-state index contributed by atoms with van der Waals surface area (Å²) < 4.78 is 58.5. The number of hydrogen-bond donors (Lipinski definition) is 2. The Bertz CT molecular complexity index is 1160. The van der Waals surface area contributed by atoms with E-state index in [0.717, 1.165) is 17.0 Å². The Kier molecular flexibility index (Phi) is 6.09. The largest absolute Gasteiger partial charge is 0.369 e. The van der Waals surface area contributed by atoms with Crippen molar-refractivity contribution in [2.45, 2.75) is 50.6 Å². The Hall–Kier alpha value is -3.43. The molecule has 0 aromatic heterocycles. The van der Waals surface area contributed by atoms with Gasteiger partial charge < -0.3 is 16.0 Å². The van der Waals surface area contributed by atoms with Gasteiger partial charge in [0.1, 0.15) is 11.6 Å². The van der Waals surface area contributed by atoms with Crippen LogP contribution in [0.2, 0.25) is 0 Å². The molecule has 2 aliphatic rings. The van der Waals surface area contributed by atoms with Gasteiger partial charge >= 0.3 is 5.92 Å². The van der Waals surface area contributed by atoms with Crippen LogP contribution < -0.4 is 11.1 Å². The summed E-state index contributed by atoms with van der Waals surface area (Å²) in [5.41, 5.74) is 4.35. The number of nitrogens with zero attached hydrogens (tertiary/aromatic N) is 1. The van der Waals surface area contributed by atoms with Crippen LogP contribution in [-0.4, -0.2) is 34.7 Å². The van der Waals surface area contributed by atoms with E-state index < -0.39 is 58.8 Å². The molecule has 2 aliphatic heterocycles. The Labute approximate surface area is 193 Å². The van der Waals surface area contributed by atoms with Crippen LogP contribution in [0.1, 0.15) is 47.2 Å². The van der Waals surface area contributed by atoms with Crippen LogP contribution in [-0.2, 0) is 15.5 Å². The van der Waals surface area contributed by atoms with Gasteiger partial charge in [-0.3, -0.25) is 14.4 Å². The third kappa shape index (κ3) is 4.24. The molecule has 2 aromatic rings. The summed E-state index contributed by atoms with van der Waals surface area (Å²) in [6.07, 6.45) is 1.29. The lowest BCUT2D eigenvalue weighted by Gasteiger charge is -2.39. The van der Waals surface area contributed by atoms with Gasteiger partial charge in [-0.1, -0.05) is 0 Å². The van der Waals surface area contributed by atoms with E-state index in [0.29, 0.717) is 25.0 Å². The van der Waals surface area contributed by atoms with E-state index in [1.54, 1.807) is 0 Å². The lowest BCUT2D eigenvalue weighted by Crippen LogP contribution is -2.53. The van der Waals surface area contributed by atoms with E-state index in [9.17, 15) is 23.2 Å². The van der Waals surface area contributed by atoms with E-state index in [2.05, 4.69) is 5.32 Å². The number of alkyl halides is 2. The average Bonchev–Trinajstić information content (AvgIpc) is 3.04. The maximum absolute atomic E-state index is 15.3. The third-order valence-electron chi connectivity index (χ3n) is 6.62. The molecule has 2 heterocycles. The fourth-order valence-electron chi connectivity index (χ4n) is 4.85. The molecule has 3 atom stereocenters. The highest BCUT2D eigenvalue weighted by Crippen LogP contribution is 2.43. The molecule has 0 aliphatic carbocycles. The van der Waals surface area contributed by atoms with Crippen molar-refractivity contribution in [2.24, 2.45) is 11.7 Å². The van der Waals surface area contributed by atoms with Crippen molar-refractivity contribution in [3.8, 4) is 0 Å². The lowest BCUT2D eigenvalue weighted by molar-refractivity contribution is -0.165. The van der Waals surface area contributed by atoms with Crippen molar-refractivity contribution >= 4 is 23.4 Å². The minimum absolute atomic E-state index is 0.190. The van der Waals surface area contributed by atoms with Gasteiger partial charge in [-0.05, 0) is 74.6 Å². The van der Waals surface area contributed by atoms with Gasteiger partial charge in [0.2, 0.25) is 5.91 Å². The molecule has 3 N–H and O–H groups in total. The molecule has 1 unspecified atom stereocenters. The van der Waals surface area contributed by atoms with Crippen LogP contribution in [0.3, 0.4) is 0 Å². The second-order valence-corrected chi connectivity index (χ2v) is 8.86. The number of amides is 3. The number of primary amides is 1. The highest BCUT2D eigenvalue weighted by molar-refractivity contribution is 6.04. The first-order valence-electron chi connectivity index (χ1n) is 10.9. The number of halogens is 4. The Morgan fingerprint density at radius 3 is 2.21 bits per heavy atom. The Morgan fingerprint density at radius 1 is 1.00 bits per heavy atom. The van der Waals surface area contributed by atoms with Gasteiger partial charge in [-0.2, -0.15) is 8.78 Å². The van der Waals surface area contributed by atoms with Crippen molar-refractivity contribution in [1.29, 1.82) is 0 Å². The van der Waals surface area contributed by atoms with Crippen LogP contribution in [0, 0.1) is 24.5 Å². The first kappa shape index (κ1) is 23.7. The second-order valence-electron chi connectivity index (χ2n) is 8.86. The SMILES string of the molecule is Cc1cc(NC(=O)c2ccc(F)c(C(F)(F)C(=O)N3C4CC[C@@H]3C[C@@H](C(N)=O)C4)c2)ccc1F. The summed E-state index contributed by atoms with van der Waals surface area (Å²) in [6, 6.07) is 5.02. The summed E-state index contributed by atoms with van der Waals surface area (Å²) in [5, 5.41) is 2.44. The van der Waals surface area contributed by atoms with Crippen molar-refractivity contribution in [1.82, 2.24) is 4.90 Å². The molecule has 2 fully saturated rings. The molecular formula is C24H23F4N3O3. The smallest absolute Gasteiger partial charge is 0.352 e. The van der Waals surface area contributed by atoms with Crippen LogP contribution in [0.25, 0.3) is 0 Å². The monoisotopic (exact) mass is 477 g/mol. The minimum atomic E-state index is -4.23. The van der Waals surface area contributed by atoms with Gasteiger partial charge in [0, 0.05) is 29.3 Å². The van der Waals surface area contributed by atoms with Crippen LogP contribution in [0.5, 0.6) is 0 Å². The zero-order valence-corrected chi connectivity index (χ0v) is 18.3. The summed E-state index contributed by atoms with van der Waals surface area (Å²) in [6.45, 7) is 1.49. The fourth-order valence-corrected chi connectivity index (χ4v) is 4.85. The highest BCUT2D eigenvalue weighted by Gasteiger charge is 2.53. The van der Waals surface area contributed by atoms with Crippen LogP contribution in [0.15, 0.2) is 36.4 Å². The average molecular weight is 477 g/mol. The number of benzene rings is 2. The number of rotatable bonds is 5. The Balaban J connectivity index is 1.58. The first-order chi connectivity index (χ1) is 16.0. The number of anilines is 1. The molecule has 2 saturated heterocycles. The highest BCUT2D eigenvalue weighted by atomic mass is 19.3. The zero-order chi connectivity index (χ0) is 24.8. The molecule has 2 bridgehead atoms. The predicted octanol–water partition coefficient (Wildman–Crippen LogP) is 3.87. The van der Waals surface area contributed by atoms with Gasteiger partial charge in [0.15, 0.2) is 0 Å². The lowest BCUT2D eigenvalue weighted by atomic mass is 9.89. The summed E-state index contributed by atoms with van der Waals surface area (Å²) in [7, 11) is 0. The summed E-state index contributed by atoms with van der Waals surface area (Å²) in [5.74, 6) is -9.44. The maximum atomic E-state index is 15.3. The normalized spacial score (nSPS) is 21.9. The molecule has 180 valence electrons. The number of nitrogens with one attached hydrogen (secondary N) is 1. The van der Waals surface area contributed by atoms with Crippen LogP contribution in [0.4, 0.5) is 23.2 Å². The van der Waals surface area contributed by atoms with Gasteiger partial charge in [0.25, 0.3) is 11.8 Å². The summed E-state index contributed by atoms with van der Waals surface area (Å²) >= 11 is 0. The number of carbonyl (C=O) groups excluding carboxylic acids is 3. The van der Waals surface area contributed by atoms with Crippen molar-refractivity contribution in [3.63, 3.8) is 0 Å². The van der Waals surface area contributed by atoms with E-state index in [1.807, 2.05) is 0 Å². The second kappa shape index (κ2) is 8.73. The maximum Gasteiger partial charge on any atom is 0.352 e. The Morgan fingerprint density at radius 2 is 1.62 bits per heavy atom. The minimum Gasteiger partial charge on any atom is -0.369 e. The van der Waals surface area contributed by atoms with E-state index >= 15 is 8.78 Å². The number of carbonyl (C=O) groups is 3. The molecule has 3 amide bonds. The van der Waals surface area contributed by atoms with Crippen molar-refractivity contribution < 1.29 is 31.9 Å². The number of nitrogens with two attached hydrogens (primary N) is 1. The quantitative estimate of drug-likeness (QED) is 0.641. The molecule has 4 rings (SSSR count). The first-order valence-corrected chi connectivity index (χ1v) is 10.9. The number of hydrogen-bond acceptors (Lipinski definition) is 3. The molecule has 10 heteroatoms. The van der Waals surface area contributed by atoms with Gasteiger partial charge in [0.05, 0.1) is 5.56 Å². The molecule has 34 heavy (non-hydrogen) atoms. The summed E-state index contributed by atoms with van der Waals surface area (Å²) in [4.78, 5) is 38.1. The van der Waals surface area contributed by atoms with E-state index in [4.69, 9.17) is 5.73 Å². The number of fused-ring (bicyclic) bond motifs is 2. The number of aryl methyl sites for hydroxylation is 1. The topological polar surface area (TPSA) is 92.5 Å². The van der Waals surface area contributed by atoms with E-state index in [-0.39, 0.29) is 29.7 Å².